The average Bonchev–Trinajstić information content (AvgIpc) is 3.34. The van der Waals surface area contributed by atoms with Crippen molar-refractivity contribution in [3.63, 3.8) is 0 Å². The second-order valence-electron chi connectivity index (χ2n) is 7.70. The van der Waals surface area contributed by atoms with E-state index in [-0.39, 0.29) is 17.6 Å². The second kappa shape index (κ2) is 12.1. The molecule has 11 nitrogen and oxygen atoms in total. The van der Waals surface area contributed by atoms with Gasteiger partial charge >= 0.3 is 0 Å². The Morgan fingerprint density at radius 3 is 2.41 bits per heavy atom. The van der Waals surface area contributed by atoms with Crippen LogP contribution >= 0.6 is 11.8 Å². The van der Waals surface area contributed by atoms with Crippen LogP contribution in [0.2, 0.25) is 0 Å². The molecule has 0 spiro atoms. The third kappa shape index (κ3) is 6.47. The fourth-order valence-electron chi connectivity index (χ4n) is 3.42. The van der Waals surface area contributed by atoms with E-state index in [0.717, 1.165) is 0 Å². The van der Waals surface area contributed by atoms with Crippen molar-refractivity contribution in [1.29, 1.82) is 0 Å². The number of methoxy groups -OCH3 is 3. The molecule has 0 saturated heterocycles. The lowest BCUT2D eigenvalue weighted by molar-refractivity contribution is -0.113. The number of anilines is 1. The SMILES string of the molecule is COc1ccc(C(=O)NCCc2nnc3ccc(SCC(=O)Nc4cc(OC)ccc4OC)nn23)cc1. The fourth-order valence-corrected chi connectivity index (χ4v) is 4.07. The third-order valence-electron chi connectivity index (χ3n) is 5.32. The number of nitrogens with one attached hydrogen (secondary N) is 2. The van der Waals surface area contributed by atoms with E-state index in [4.69, 9.17) is 14.2 Å². The van der Waals surface area contributed by atoms with Gasteiger partial charge in [-0.3, -0.25) is 9.59 Å². The van der Waals surface area contributed by atoms with E-state index < -0.39 is 0 Å². The lowest BCUT2D eigenvalue weighted by atomic mass is 10.2. The first-order valence-electron chi connectivity index (χ1n) is 11.3. The quantitative estimate of drug-likeness (QED) is 0.286. The normalized spacial score (nSPS) is 10.7. The van der Waals surface area contributed by atoms with Crippen molar-refractivity contribution >= 4 is 34.9 Å². The molecule has 12 heteroatoms. The van der Waals surface area contributed by atoms with Crippen molar-refractivity contribution in [2.45, 2.75) is 11.4 Å². The molecule has 4 aromatic rings. The molecule has 2 heterocycles. The number of carbonyl (C=O) groups is 2. The Labute approximate surface area is 217 Å². The summed E-state index contributed by atoms with van der Waals surface area (Å²) in [5, 5.41) is 19.2. The number of aromatic nitrogens is 4. The van der Waals surface area contributed by atoms with Crippen LogP contribution in [0, 0.1) is 0 Å². The van der Waals surface area contributed by atoms with Gasteiger partial charge < -0.3 is 24.8 Å². The lowest BCUT2D eigenvalue weighted by Crippen LogP contribution is -2.26. The summed E-state index contributed by atoms with van der Waals surface area (Å²) in [6.45, 7) is 0.357. The summed E-state index contributed by atoms with van der Waals surface area (Å²) in [7, 11) is 4.66. The van der Waals surface area contributed by atoms with Crippen LogP contribution < -0.4 is 24.8 Å². The minimum Gasteiger partial charge on any atom is -0.497 e. The van der Waals surface area contributed by atoms with Crippen LogP contribution in [0.25, 0.3) is 5.65 Å². The van der Waals surface area contributed by atoms with Crippen LogP contribution in [0.1, 0.15) is 16.2 Å². The predicted molar refractivity (Wildman–Crippen MR) is 139 cm³/mol. The summed E-state index contributed by atoms with van der Waals surface area (Å²) in [5.41, 5.74) is 1.63. The van der Waals surface area contributed by atoms with Crippen molar-refractivity contribution < 1.29 is 23.8 Å². The summed E-state index contributed by atoms with van der Waals surface area (Å²) in [5.74, 6) is 2.14. The molecule has 0 aliphatic heterocycles. The van der Waals surface area contributed by atoms with E-state index in [1.165, 1.54) is 18.9 Å². The van der Waals surface area contributed by atoms with Gasteiger partial charge in [0.1, 0.15) is 22.3 Å². The summed E-state index contributed by atoms with van der Waals surface area (Å²) in [4.78, 5) is 24.9. The average molecular weight is 523 g/mol. The molecule has 0 radical (unpaired) electrons. The summed E-state index contributed by atoms with van der Waals surface area (Å²) >= 11 is 1.28. The van der Waals surface area contributed by atoms with Gasteiger partial charge in [-0.15, -0.1) is 10.2 Å². The Hall–Kier alpha value is -4.32. The summed E-state index contributed by atoms with van der Waals surface area (Å²) < 4.78 is 17.3. The van der Waals surface area contributed by atoms with Crippen molar-refractivity contribution in [3.8, 4) is 17.2 Å². The summed E-state index contributed by atoms with van der Waals surface area (Å²) in [6, 6.07) is 15.6. The molecule has 0 atom stereocenters. The molecular weight excluding hydrogens is 496 g/mol. The Morgan fingerprint density at radius 1 is 0.919 bits per heavy atom. The van der Waals surface area contributed by atoms with Crippen LogP contribution in [0.5, 0.6) is 17.2 Å². The minimum atomic E-state index is -0.219. The molecule has 4 rings (SSSR count). The van der Waals surface area contributed by atoms with Gasteiger partial charge in [-0.1, -0.05) is 11.8 Å². The third-order valence-corrected chi connectivity index (χ3v) is 6.24. The van der Waals surface area contributed by atoms with Crippen LogP contribution in [0.4, 0.5) is 5.69 Å². The number of hydrogen-bond donors (Lipinski definition) is 2. The van der Waals surface area contributed by atoms with Crippen molar-refractivity contribution in [2.24, 2.45) is 0 Å². The van der Waals surface area contributed by atoms with Crippen molar-refractivity contribution in [2.75, 3.05) is 38.9 Å². The fraction of sp³-hybridized carbons (Fsp3) is 0.240. The van der Waals surface area contributed by atoms with Crippen LogP contribution in [-0.2, 0) is 11.2 Å². The van der Waals surface area contributed by atoms with Gasteiger partial charge in [0.2, 0.25) is 5.91 Å². The minimum absolute atomic E-state index is 0.133. The number of rotatable bonds is 11. The topological polar surface area (TPSA) is 129 Å². The number of thioether (sulfide) groups is 1. The molecule has 192 valence electrons. The van der Waals surface area contributed by atoms with Gasteiger partial charge in [0.05, 0.1) is 32.8 Å². The van der Waals surface area contributed by atoms with Crippen LogP contribution in [0.3, 0.4) is 0 Å². The van der Waals surface area contributed by atoms with Gasteiger partial charge in [-0.2, -0.15) is 9.61 Å². The molecular formula is C25H26N6O5S. The molecule has 2 N–H and O–H groups in total. The van der Waals surface area contributed by atoms with E-state index in [1.807, 2.05) is 0 Å². The number of hydrogen-bond acceptors (Lipinski definition) is 9. The van der Waals surface area contributed by atoms with Gasteiger partial charge in [-0.05, 0) is 48.5 Å². The Morgan fingerprint density at radius 2 is 1.68 bits per heavy atom. The number of nitrogens with zero attached hydrogens (tertiary/aromatic N) is 4. The zero-order valence-corrected chi connectivity index (χ0v) is 21.4. The summed E-state index contributed by atoms with van der Waals surface area (Å²) in [6.07, 6.45) is 0.431. The molecule has 37 heavy (non-hydrogen) atoms. The van der Waals surface area contributed by atoms with Gasteiger partial charge in [0.15, 0.2) is 11.5 Å². The van der Waals surface area contributed by atoms with Crippen molar-refractivity contribution in [1.82, 2.24) is 25.1 Å². The number of amides is 2. The molecule has 0 bridgehead atoms. The van der Waals surface area contributed by atoms with Crippen molar-refractivity contribution in [3.05, 3.63) is 66.0 Å². The maximum Gasteiger partial charge on any atom is 0.251 e. The van der Waals surface area contributed by atoms with E-state index >= 15 is 0 Å². The Kier molecular flexibility index (Phi) is 8.41. The zero-order chi connectivity index (χ0) is 26.2. The molecule has 2 aromatic carbocycles. The first-order valence-corrected chi connectivity index (χ1v) is 12.3. The number of carbonyl (C=O) groups excluding carboxylic acids is 2. The second-order valence-corrected chi connectivity index (χ2v) is 8.69. The molecule has 0 saturated carbocycles. The molecule has 0 aliphatic rings. The lowest BCUT2D eigenvalue weighted by Gasteiger charge is -2.11. The first-order chi connectivity index (χ1) is 18.0. The van der Waals surface area contributed by atoms with E-state index in [1.54, 1.807) is 73.3 Å². The number of fused-ring (bicyclic) bond motifs is 1. The molecule has 2 amide bonds. The molecule has 0 fully saturated rings. The highest BCUT2D eigenvalue weighted by Gasteiger charge is 2.13. The Bertz CT molecular complexity index is 1390. The Balaban J connectivity index is 1.34. The van der Waals surface area contributed by atoms with Gasteiger partial charge in [0, 0.05) is 24.6 Å². The smallest absolute Gasteiger partial charge is 0.251 e. The standard InChI is InChI=1S/C25H26N6O5S/c1-34-17-6-4-16(5-7-17)25(33)26-13-12-22-29-28-21-10-11-24(30-31(21)22)37-15-23(32)27-19-14-18(35-2)8-9-20(19)36-3/h4-11,14H,12-13,15H2,1-3H3,(H,26,33)(H,27,32). The van der Waals surface area contributed by atoms with Gasteiger partial charge in [-0.25, -0.2) is 0 Å². The van der Waals surface area contributed by atoms with E-state index in [0.29, 0.717) is 58.0 Å². The highest BCUT2D eigenvalue weighted by atomic mass is 32.2. The zero-order valence-electron chi connectivity index (χ0n) is 20.6. The molecule has 0 unspecified atom stereocenters. The molecule has 0 aliphatic carbocycles. The largest absolute Gasteiger partial charge is 0.497 e. The first kappa shape index (κ1) is 25.8. The van der Waals surface area contributed by atoms with E-state index in [9.17, 15) is 9.59 Å². The molecule has 2 aromatic heterocycles. The maximum absolute atomic E-state index is 12.6. The van der Waals surface area contributed by atoms with Gasteiger partial charge in [0.25, 0.3) is 5.91 Å². The number of benzene rings is 2. The highest BCUT2D eigenvalue weighted by Crippen LogP contribution is 2.29. The maximum atomic E-state index is 12.6. The van der Waals surface area contributed by atoms with Crippen LogP contribution in [0.15, 0.2) is 59.6 Å². The van der Waals surface area contributed by atoms with E-state index in [2.05, 4.69) is 25.9 Å². The predicted octanol–water partition coefficient (Wildman–Crippen LogP) is 2.85. The van der Waals surface area contributed by atoms with Crippen LogP contribution in [-0.4, -0.2) is 65.3 Å². The number of ether oxygens (including phenoxy) is 3. The monoisotopic (exact) mass is 522 g/mol. The highest BCUT2D eigenvalue weighted by molar-refractivity contribution is 7.99.